The summed E-state index contributed by atoms with van der Waals surface area (Å²) in [6.45, 7) is 2.69. The van der Waals surface area contributed by atoms with Gasteiger partial charge in [0.2, 0.25) is 0 Å². The summed E-state index contributed by atoms with van der Waals surface area (Å²) in [5.41, 5.74) is 1.48. The molecule has 0 bridgehead atoms. The standard InChI is InChI=1S/C16H16BrClFNO/c1-3-20-16(11-5-4-6-12(17)15(11)19)10-7-8-13(18)14(9-10)21-2/h4-9,16,20H,3H2,1-2H3. The molecular weight excluding hydrogens is 357 g/mol. The van der Waals surface area contributed by atoms with Crippen LogP contribution in [0, 0.1) is 5.82 Å². The number of halogens is 3. The lowest BCUT2D eigenvalue weighted by Gasteiger charge is -2.21. The van der Waals surface area contributed by atoms with Crippen LogP contribution < -0.4 is 10.1 Å². The first-order chi connectivity index (χ1) is 10.1. The van der Waals surface area contributed by atoms with E-state index in [0.29, 0.717) is 27.4 Å². The molecule has 0 spiro atoms. The lowest BCUT2D eigenvalue weighted by molar-refractivity contribution is 0.413. The number of rotatable bonds is 5. The van der Waals surface area contributed by atoms with E-state index >= 15 is 0 Å². The molecule has 2 aromatic carbocycles. The molecule has 2 aromatic rings. The molecule has 0 heterocycles. The van der Waals surface area contributed by atoms with Crippen LogP contribution in [0.5, 0.6) is 5.75 Å². The summed E-state index contributed by atoms with van der Waals surface area (Å²) in [5.74, 6) is 0.310. The van der Waals surface area contributed by atoms with E-state index in [-0.39, 0.29) is 11.9 Å². The Morgan fingerprint density at radius 1 is 1.33 bits per heavy atom. The molecule has 5 heteroatoms. The van der Waals surface area contributed by atoms with E-state index < -0.39 is 0 Å². The SMILES string of the molecule is CCNC(c1ccc(Cl)c(OC)c1)c1cccc(Br)c1F. The van der Waals surface area contributed by atoms with Crippen molar-refractivity contribution >= 4 is 27.5 Å². The van der Waals surface area contributed by atoms with Gasteiger partial charge in [-0.15, -0.1) is 0 Å². The highest BCUT2D eigenvalue weighted by molar-refractivity contribution is 9.10. The topological polar surface area (TPSA) is 21.3 Å². The Kier molecular flexibility index (Phi) is 5.62. The van der Waals surface area contributed by atoms with Crippen molar-refractivity contribution < 1.29 is 9.13 Å². The zero-order valence-electron chi connectivity index (χ0n) is 11.8. The Hall–Kier alpha value is -1.10. The Balaban J connectivity index is 2.50. The van der Waals surface area contributed by atoms with Gasteiger partial charge in [0.15, 0.2) is 0 Å². The second-order valence-corrected chi connectivity index (χ2v) is 5.79. The number of benzene rings is 2. The van der Waals surface area contributed by atoms with Crippen LogP contribution in [0.15, 0.2) is 40.9 Å². The molecule has 1 N–H and O–H groups in total. The van der Waals surface area contributed by atoms with Gasteiger partial charge in [0.25, 0.3) is 0 Å². The van der Waals surface area contributed by atoms with Crippen molar-refractivity contribution in [2.24, 2.45) is 0 Å². The van der Waals surface area contributed by atoms with Crippen molar-refractivity contribution in [3.8, 4) is 5.75 Å². The summed E-state index contributed by atoms with van der Waals surface area (Å²) < 4.78 is 20.1. The molecule has 0 amide bonds. The lowest BCUT2D eigenvalue weighted by atomic mass is 9.98. The van der Waals surface area contributed by atoms with Crippen LogP contribution in [-0.4, -0.2) is 13.7 Å². The fourth-order valence-electron chi connectivity index (χ4n) is 2.21. The molecule has 0 radical (unpaired) electrons. The fourth-order valence-corrected chi connectivity index (χ4v) is 2.79. The summed E-state index contributed by atoms with van der Waals surface area (Å²) in [5, 5.41) is 3.83. The van der Waals surface area contributed by atoms with Gasteiger partial charge in [-0.05, 0) is 46.2 Å². The first-order valence-corrected chi connectivity index (χ1v) is 7.76. The highest BCUT2D eigenvalue weighted by Gasteiger charge is 2.19. The third kappa shape index (κ3) is 3.57. The van der Waals surface area contributed by atoms with Crippen molar-refractivity contribution in [2.45, 2.75) is 13.0 Å². The van der Waals surface area contributed by atoms with Gasteiger partial charge in [-0.2, -0.15) is 0 Å². The zero-order valence-corrected chi connectivity index (χ0v) is 14.1. The Morgan fingerprint density at radius 2 is 2.10 bits per heavy atom. The minimum atomic E-state index is -0.266. The molecule has 0 aromatic heterocycles. The molecule has 21 heavy (non-hydrogen) atoms. The van der Waals surface area contributed by atoms with E-state index in [2.05, 4.69) is 21.2 Å². The average molecular weight is 373 g/mol. The van der Waals surface area contributed by atoms with Crippen molar-refractivity contribution in [3.63, 3.8) is 0 Å². The van der Waals surface area contributed by atoms with E-state index in [1.165, 1.54) is 0 Å². The monoisotopic (exact) mass is 371 g/mol. The predicted molar refractivity (Wildman–Crippen MR) is 87.6 cm³/mol. The number of hydrogen-bond donors (Lipinski definition) is 1. The van der Waals surface area contributed by atoms with Crippen LogP contribution in [0.1, 0.15) is 24.1 Å². The van der Waals surface area contributed by atoms with Gasteiger partial charge in [-0.25, -0.2) is 4.39 Å². The normalized spacial score (nSPS) is 12.2. The molecule has 0 aliphatic rings. The quantitative estimate of drug-likeness (QED) is 0.802. The molecule has 1 atom stereocenters. The molecule has 112 valence electrons. The van der Waals surface area contributed by atoms with Gasteiger partial charge in [0.1, 0.15) is 11.6 Å². The minimum Gasteiger partial charge on any atom is -0.495 e. The highest BCUT2D eigenvalue weighted by Crippen LogP contribution is 2.32. The maximum Gasteiger partial charge on any atom is 0.142 e. The molecule has 1 unspecified atom stereocenters. The number of ether oxygens (including phenoxy) is 1. The molecule has 0 fully saturated rings. The fraction of sp³-hybridized carbons (Fsp3) is 0.250. The Morgan fingerprint density at radius 3 is 2.76 bits per heavy atom. The van der Waals surface area contributed by atoms with Crippen LogP contribution >= 0.6 is 27.5 Å². The van der Waals surface area contributed by atoms with E-state index in [1.807, 2.05) is 25.1 Å². The number of methoxy groups -OCH3 is 1. The van der Waals surface area contributed by atoms with Crippen molar-refractivity contribution in [2.75, 3.05) is 13.7 Å². The van der Waals surface area contributed by atoms with E-state index in [0.717, 1.165) is 5.56 Å². The molecule has 0 saturated carbocycles. The van der Waals surface area contributed by atoms with Gasteiger partial charge < -0.3 is 10.1 Å². The molecule has 0 aliphatic heterocycles. The van der Waals surface area contributed by atoms with Gasteiger partial charge in [0.05, 0.1) is 22.6 Å². The third-order valence-corrected chi connectivity index (χ3v) is 4.13. The van der Waals surface area contributed by atoms with Gasteiger partial charge in [-0.1, -0.05) is 36.7 Å². The molecular formula is C16H16BrClFNO. The predicted octanol–water partition coefficient (Wildman–Crippen LogP) is 4.95. The maximum absolute atomic E-state index is 14.4. The largest absolute Gasteiger partial charge is 0.495 e. The maximum atomic E-state index is 14.4. The number of nitrogens with one attached hydrogen (secondary N) is 1. The molecule has 2 rings (SSSR count). The third-order valence-electron chi connectivity index (χ3n) is 3.21. The zero-order chi connectivity index (χ0) is 15.4. The summed E-state index contributed by atoms with van der Waals surface area (Å²) in [6, 6.07) is 10.5. The van der Waals surface area contributed by atoms with Gasteiger partial charge in [0, 0.05) is 5.56 Å². The Labute approximate surface area is 137 Å². The minimum absolute atomic E-state index is 0.265. The van der Waals surface area contributed by atoms with Crippen LogP contribution in [0.4, 0.5) is 4.39 Å². The Bertz CT molecular complexity index is 636. The van der Waals surface area contributed by atoms with Crippen molar-refractivity contribution in [1.82, 2.24) is 5.32 Å². The first-order valence-electron chi connectivity index (χ1n) is 6.59. The van der Waals surface area contributed by atoms with Gasteiger partial charge in [-0.3, -0.25) is 0 Å². The molecule has 0 saturated heterocycles. The first kappa shape index (κ1) is 16.3. The van der Waals surface area contributed by atoms with Crippen molar-refractivity contribution in [3.05, 3.63) is 62.8 Å². The van der Waals surface area contributed by atoms with E-state index in [4.69, 9.17) is 16.3 Å². The van der Waals surface area contributed by atoms with E-state index in [9.17, 15) is 4.39 Å². The smallest absolute Gasteiger partial charge is 0.142 e. The second kappa shape index (κ2) is 7.25. The van der Waals surface area contributed by atoms with Crippen molar-refractivity contribution in [1.29, 1.82) is 0 Å². The highest BCUT2D eigenvalue weighted by atomic mass is 79.9. The van der Waals surface area contributed by atoms with Crippen LogP contribution in [0.2, 0.25) is 5.02 Å². The van der Waals surface area contributed by atoms with Crippen LogP contribution in [-0.2, 0) is 0 Å². The number of hydrogen-bond acceptors (Lipinski definition) is 2. The van der Waals surface area contributed by atoms with Crippen LogP contribution in [0.3, 0.4) is 0 Å². The molecule has 0 aliphatic carbocycles. The van der Waals surface area contributed by atoms with Crippen LogP contribution in [0.25, 0.3) is 0 Å². The summed E-state index contributed by atoms with van der Waals surface area (Å²) in [4.78, 5) is 0. The lowest BCUT2D eigenvalue weighted by Crippen LogP contribution is -2.23. The summed E-state index contributed by atoms with van der Waals surface area (Å²) in [6.07, 6.45) is 0. The summed E-state index contributed by atoms with van der Waals surface area (Å²) >= 11 is 9.28. The average Bonchev–Trinajstić information content (AvgIpc) is 2.49. The molecule has 2 nitrogen and oxygen atoms in total. The van der Waals surface area contributed by atoms with Gasteiger partial charge >= 0.3 is 0 Å². The second-order valence-electron chi connectivity index (χ2n) is 4.53. The summed E-state index contributed by atoms with van der Waals surface area (Å²) in [7, 11) is 1.56. The van der Waals surface area contributed by atoms with E-state index in [1.54, 1.807) is 25.3 Å².